The third-order valence-electron chi connectivity index (χ3n) is 4.12. The summed E-state index contributed by atoms with van der Waals surface area (Å²) in [5.41, 5.74) is 1.30. The third-order valence-corrected chi connectivity index (χ3v) is 4.12. The van der Waals surface area contributed by atoms with E-state index in [0.29, 0.717) is 30.2 Å². The van der Waals surface area contributed by atoms with Crippen molar-refractivity contribution >= 4 is 16.9 Å². The van der Waals surface area contributed by atoms with Crippen LogP contribution < -0.4 is 10.1 Å². The van der Waals surface area contributed by atoms with Crippen LogP contribution in [0.15, 0.2) is 41.2 Å². The van der Waals surface area contributed by atoms with Gasteiger partial charge in [0.15, 0.2) is 11.3 Å². The largest absolute Gasteiger partial charge is 0.482 e. The number of benzene rings is 1. The number of aromatic nitrogens is 3. The minimum absolute atomic E-state index is 0.144. The quantitative estimate of drug-likeness (QED) is 0.746. The fourth-order valence-corrected chi connectivity index (χ4v) is 2.90. The second-order valence-electron chi connectivity index (χ2n) is 6.02. The lowest BCUT2D eigenvalue weighted by atomic mass is 10.1. The van der Waals surface area contributed by atoms with Crippen molar-refractivity contribution in [3.05, 3.63) is 42.4 Å². The standard InChI is InChI=1S/C17H18N4O4/c1-21-8-11(7-18-21)24-16-10-23-9-14(16)19-17(22)6-13-12-4-2-3-5-15(12)25-20-13/h2-5,7-8,14,16H,6,9-10H2,1H3,(H,19,22)/t14-,16+/m0/s1. The summed E-state index contributed by atoms with van der Waals surface area (Å²) >= 11 is 0. The van der Waals surface area contributed by atoms with E-state index in [4.69, 9.17) is 14.0 Å². The van der Waals surface area contributed by atoms with Gasteiger partial charge in [-0.3, -0.25) is 9.48 Å². The highest BCUT2D eigenvalue weighted by Crippen LogP contribution is 2.19. The number of aryl methyl sites for hydroxylation is 1. The molecule has 2 aromatic heterocycles. The Morgan fingerprint density at radius 1 is 1.40 bits per heavy atom. The van der Waals surface area contributed by atoms with E-state index in [1.54, 1.807) is 17.1 Å². The Kier molecular flexibility index (Phi) is 4.10. The summed E-state index contributed by atoms with van der Waals surface area (Å²) in [4.78, 5) is 12.4. The molecule has 0 bridgehead atoms. The van der Waals surface area contributed by atoms with Gasteiger partial charge in [0.05, 0.1) is 38.1 Å². The SMILES string of the molecule is Cn1cc(O[C@@H]2COC[C@@H]2NC(=O)Cc2noc3ccccc23)cn1. The normalized spacial score (nSPS) is 20.0. The molecular weight excluding hydrogens is 324 g/mol. The van der Waals surface area contributed by atoms with E-state index in [9.17, 15) is 4.79 Å². The van der Waals surface area contributed by atoms with E-state index >= 15 is 0 Å². The molecular formula is C17H18N4O4. The molecule has 8 heteroatoms. The van der Waals surface area contributed by atoms with Crippen LogP contribution in [0.25, 0.3) is 11.0 Å². The van der Waals surface area contributed by atoms with Gasteiger partial charge in [0.1, 0.15) is 11.8 Å². The molecule has 8 nitrogen and oxygen atoms in total. The molecule has 0 radical (unpaired) electrons. The number of carbonyl (C=O) groups excluding carboxylic acids is 1. The zero-order valence-electron chi connectivity index (χ0n) is 13.7. The van der Waals surface area contributed by atoms with Gasteiger partial charge in [-0.15, -0.1) is 0 Å². The zero-order chi connectivity index (χ0) is 17.2. The molecule has 3 aromatic rings. The number of hydrogen-bond acceptors (Lipinski definition) is 6. The number of hydrogen-bond donors (Lipinski definition) is 1. The van der Waals surface area contributed by atoms with Crippen LogP contribution in [0.1, 0.15) is 5.69 Å². The topological polar surface area (TPSA) is 91.4 Å². The first-order valence-electron chi connectivity index (χ1n) is 8.05. The molecule has 0 saturated carbocycles. The van der Waals surface area contributed by atoms with Crippen molar-refractivity contribution < 1.29 is 18.8 Å². The highest BCUT2D eigenvalue weighted by Gasteiger charge is 2.32. The second kappa shape index (κ2) is 6.56. The Balaban J connectivity index is 1.39. The number of carbonyl (C=O) groups is 1. The predicted octanol–water partition coefficient (Wildman–Crippen LogP) is 1.07. The third kappa shape index (κ3) is 3.34. The van der Waals surface area contributed by atoms with Crippen molar-refractivity contribution in [2.75, 3.05) is 13.2 Å². The second-order valence-corrected chi connectivity index (χ2v) is 6.02. The summed E-state index contributed by atoms with van der Waals surface area (Å²) in [5.74, 6) is 0.508. The van der Waals surface area contributed by atoms with Crippen LogP contribution in [0.4, 0.5) is 0 Å². The minimum atomic E-state index is -0.248. The fraction of sp³-hybridized carbons (Fsp3) is 0.353. The summed E-state index contributed by atoms with van der Waals surface area (Å²) in [6.07, 6.45) is 3.31. The number of nitrogens with one attached hydrogen (secondary N) is 1. The summed E-state index contributed by atoms with van der Waals surface area (Å²) in [6, 6.07) is 7.26. The molecule has 130 valence electrons. The summed E-state index contributed by atoms with van der Waals surface area (Å²) in [6.45, 7) is 0.836. The van der Waals surface area contributed by atoms with Crippen LogP contribution in [0.2, 0.25) is 0 Å². The average Bonchev–Trinajstić information content (AvgIpc) is 3.31. The first kappa shape index (κ1) is 15.6. The van der Waals surface area contributed by atoms with Gasteiger partial charge in [0.2, 0.25) is 5.91 Å². The zero-order valence-corrected chi connectivity index (χ0v) is 13.7. The van der Waals surface area contributed by atoms with Crippen LogP contribution in [0.5, 0.6) is 5.75 Å². The van der Waals surface area contributed by atoms with E-state index in [1.807, 2.05) is 31.3 Å². The van der Waals surface area contributed by atoms with Gasteiger partial charge < -0.3 is 19.3 Å². The highest BCUT2D eigenvalue weighted by atomic mass is 16.5. The molecule has 0 aliphatic carbocycles. The summed E-state index contributed by atoms with van der Waals surface area (Å²) in [7, 11) is 1.82. The minimum Gasteiger partial charge on any atom is -0.482 e. The number of nitrogens with zero attached hydrogens (tertiary/aromatic N) is 3. The van der Waals surface area contributed by atoms with Crippen molar-refractivity contribution in [3.8, 4) is 5.75 Å². The smallest absolute Gasteiger partial charge is 0.226 e. The lowest BCUT2D eigenvalue weighted by Gasteiger charge is -2.19. The van der Waals surface area contributed by atoms with Gasteiger partial charge in [0, 0.05) is 12.4 Å². The Bertz CT molecular complexity index is 888. The molecule has 0 unspecified atom stereocenters. The van der Waals surface area contributed by atoms with E-state index in [1.165, 1.54) is 0 Å². The number of para-hydroxylation sites is 1. The van der Waals surface area contributed by atoms with E-state index in [0.717, 1.165) is 5.39 Å². The average molecular weight is 342 g/mol. The van der Waals surface area contributed by atoms with Gasteiger partial charge in [-0.05, 0) is 12.1 Å². The van der Waals surface area contributed by atoms with Crippen molar-refractivity contribution in [1.82, 2.24) is 20.3 Å². The van der Waals surface area contributed by atoms with Crippen molar-refractivity contribution in [3.63, 3.8) is 0 Å². The molecule has 1 aliphatic heterocycles. The molecule has 3 heterocycles. The van der Waals surface area contributed by atoms with Gasteiger partial charge in [-0.25, -0.2) is 0 Å². The maximum Gasteiger partial charge on any atom is 0.226 e. The summed E-state index contributed by atoms with van der Waals surface area (Å²) in [5, 5.41) is 11.9. The predicted molar refractivity (Wildman–Crippen MR) is 88.1 cm³/mol. The summed E-state index contributed by atoms with van der Waals surface area (Å²) < 4.78 is 18.2. The molecule has 1 saturated heterocycles. The Morgan fingerprint density at radius 3 is 3.12 bits per heavy atom. The Labute approximate surface area is 143 Å². The maximum absolute atomic E-state index is 12.4. The van der Waals surface area contributed by atoms with E-state index in [-0.39, 0.29) is 24.5 Å². The van der Waals surface area contributed by atoms with E-state index < -0.39 is 0 Å². The molecule has 1 amide bonds. The van der Waals surface area contributed by atoms with Crippen molar-refractivity contribution in [1.29, 1.82) is 0 Å². The lowest BCUT2D eigenvalue weighted by Crippen LogP contribution is -2.45. The molecule has 1 aliphatic rings. The van der Waals surface area contributed by atoms with E-state index in [2.05, 4.69) is 15.6 Å². The first-order valence-corrected chi connectivity index (χ1v) is 8.05. The van der Waals surface area contributed by atoms with Crippen LogP contribution in [-0.4, -0.2) is 46.2 Å². The fourth-order valence-electron chi connectivity index (χ4n) is 2.90. The number of amides is 1. The molecule has 0 spiro atoms. The number of rotatable bonds is 5. The Morgan fingerprint density at radius 2 is 2.28 bits per heavy atom. The Hall–Kier alpha value is -2.87. The monoisotopic (exact) mass is 342 g/mol. The molecule has 2 atom stereocenters. The van der Waals surface area contributed by atoms with Gasteiger partial charge in [-0.2, -0.15) is 5.10 Å². The van der Waals surface area contributed by atoms with Gasteiger partial charge >= 0.3 is 0 Å². The van der Waals surface area contributed by atoms with Gasteiger partial charge in [-0.1, -0.05) is 17.3 Å². The van der Waals surface area contributed by atoms with Crippen LogP contribution in [0, 0.1) is 0 Å². The van der Waals surface area contributed by atoms with Gasteiger partial charge in [0.25, 0.3) is 0 Å². The highest BCUT2D eigenvalue weighted by molar-refractivity contribution is 5.86. The number of fused-ring (bicyclic) bond motifs is 1. The molecule has 1 aromatic carbocycles. The van der Waals surface area contributed by atoms with Crippen molar-refractivity contribution in [2.24, 2.45) is 7.05 Å². The number of ether oxygens (including phenoxy) is 2. The lowest BCUT2D eigenvalue weighted by molar-refractivity contribution is -0.121. The van der Waals surface area contributed by atoms with Crippen LogP contribution >= 0.6 is 0 Å². The molecule has 1 N–H and O–H groups in total. The maximum atomic E-state index is 12.4. The molecule has 4 rings (SSSR count). The van der Waals surface area contributed by atoms with Crippen molar-refractivity contribution in [2.45, 2.75) is 18.6 Å². The first-order chi connectivity index (χ1) is 12.2. The molecule has 1 fully saturated rings. The van der Waals surface area contributed by atoms with Crippen LogP contribution in [-0.2, 0) is 23.0 Å². The molecule has 25 heavy (non-hydrogen) atoms. The van der Waals surface area contributed by atoms with Crippen LogP contribution in [0.3, 0.4) is 0 Å².